The van der Waals surface area contributed by atoms with Gasteiger partial charge in [-0.25, -0.2) is 0 Å². The molecule has 1 N–H and O–H groups in total. The summed E-state index contributed by atoms with van der Waals surface area (Å²) in [5, 5.41) is 2.86. The summed E-state index contributed by atoms with van der Waals surface area (Å²) in [6.45, 7) is 2.81. The van der Waals surface area contributed by atoms with Crippen LogP contribution in [0, 0.1) is 0 Å². The molecule has 0 aliphatic heterocycles. The minimum atomic E-state index is -0.0104. The summed E-state index contributed by atoms with van der Waals surface area (Å²) in [7, 11) is 0. The van der Waals surface area contributed by atoms with Crippen molar-refractivity contribution in [3.05, 3.63) is 48.0 Å². The van der Waals surface area contributed by atoms with Crippen molar-refractivity contribution < 1.29 is 4.79 Å². The molecule has 2 heteroatoms. The van der Waals surface area contributed by atoms with E-state index >= 15 is 0 Å². The van der Waals surface area contributed by atoms with Crippen molar-refractivity contribution in [2.75, 3.05) is 6.54 Å². The zero-order valence-corrected chi connectivity index (χ0v) is 10.5. The number of carbonyl (C=O) groups is 1. The molecule has 0 saturated heterocycles. The lowest BCUT2D eigenvalue weighted by Gasteiger charge is -2.01. The van der Waals surface area contributed by atoms with Gasteiger partial charge in [-0.3, -0.25) is 4.79 Å². The van der Waals surface area contributed by atoms with Crippen LogP contribution in [0.1, 0.15) is 43.0 Å². The van der Waals surface area contributed by atoms with Gasteiger partial charge in [0.05, 0.1) is 0 Å². The first-order valence-corrected chi connectivity index (χ1v) is 6.33. The predicted octanol–water partition coefficient (Wildman–Crippen LogP) is 3.55. The molecule has 0 saturated carbocycles. The Kier molecular flexibility index (Phi) is 6.80. The van der Waals surface area contributed by atoms with E-state index in [9.17, 15) is 4.79 Å². The van der Waals surface area contributed by atoms with Crippen molar-refractivity contribution in [2.24, 2.45) is 0 Å². The third-order valence-corrected chi connectivity index (χ3v) is 2.56. The van der Waals surface area contributed by atoms with E-state index in [1.54, 1.807) is 0 Å². The van der Waals surface area contributed by atoms with Crippen LogP contribution in [0.3, 0.4) is 0 Å². The van der Waals surface area contributed by atoms with Crippen LogP contribution in [-0.4, -0.2) is 12.5 Å². The minimum absolute atomic E-state index is 0.0104. The lowest BCUT2D eigenvalue weighted by Crippen LogP contribution is -2.23. The smallest absolute Gasteiger partial charge is 0.251 e. The molecule has 0 aromatic heterocycles. The molecule has 2 nitrogen and oxygen atoms in total. The van der Waals surface area contributed by atoms with Crippen LogP contribution in [-0.2, 0) is 0 Å². The van der Waals surface area contributed by atoms with Gasteiger partial charge in [-0.05, 0) is 25.0 Å². The fraction of sp³-hybridized carbons (Fsp3) is 0.400. The molecule has 0 heterocycles. The summed E-state index contributed by atoms with van der Waals surface area (Å²) in [6.07, 6.45) is 9.03. The summed E-state index contributed by atoms with van der Waals surface area (Å²) in [5.74, 6) is -0.0104. The summed E-state index contributed by atoms with van der Waals surface area (Å²) < 4.78 is 0. The maximum absolute atomic E-state index is 11.6. The number of nitrogens with one attached hydrogen (secondary N) is 1. The van der Waals surface area contributed by atoms with Gasteiger partial charge in [0, 0.05) is 12.1 Å². The SMILES string of the molecule is CCCCCC=CCNC(=O)c1ccccc1. The number of rotatable bonds is 7. The van der Waals surface area contributed by atoms with Crippen LogP contribution >= 0.6 is 0 Å². The van der Waals surface area contributed by atoms with Gasteiger partial charge < -0.3 is 5.32 Å². The van der Waals surface area contributed by atoms with Gasteiger partial charge in [0.15, 0.2) is 0 Å². The quantitative estimate of drug-likeness (QED) is 0.564. The van der Waals surface area contributed by atoms with Crippen LogP contribution in [0.25, 0.3) is 0 Å². The van der Waals surface area contributed by atoms with E-state index in [4.69, 9.17) is 0 Å². The fourth-order valence-corrected chi connectivity index (χ4v) is 1.56. The van der Waals surface area contributed by atoms with Crippen molar-refractivity contribution in [1.29, 1.82) is 0 Å². The normalized spacial score (nSPS) is 10.6. The monoisotopic (exact) mass is 231 g/mol. The third-order valence-electron chi connectivity index (χ3n) is 2.56. The Morgan fingerprint density at radius 2 is 1.94 bits per heavy atom. The molecule has 0 fully saturated rings. The Morgan fingerprint density at radius 1 is 1.18 bits per heavy atom. The number of amides is 1. The van der Waals surface area contributed by atoms with Gasteiger partial charge in [0.2, 0.25) is 0 Å². The van der Waals surface area contributed by atoms with Gasteiger partial charge in [-0.1, -0.05) is 50.1 Å². The first kappa shape index (κ1) is 13.5. The van der Waals surface area contributed by atoms with Gasteiger partial charge in [-0.15, -0.1) is 0 Å². The Bertz CT molecular complexity index is 343. The van der Waals surface area contributed by atoms with Crippen LogP contribution in [0.15, 0.2) is 42.5 Å². The molecule has 0 unspecified atom stereocenters. The molecule has 0 bridgehead atoms. The van der Waals surface area contributed by atoms with Gasteiger partial charge in [-0.2, -0.15) is 0 Å². The number of unbranched alkanes of at least 4 members (excludes halogenated alkanes) is 3. The van der Waals surface area contributed by atoms with E-state index in [1.165, 1.54) is 19.3 Å². The molecule has 17 heavy (non-hydrogen) atoms. The molecular weight excluding hydrogens is 210 g/mol. The highest BCUT2D eigenvalue weighted by atomic mass is 16.1. The predicted molar refractivity (Wildman–Crippen MR) is 72.1 cm³/mol. The molecule has 1 aromatic rings. The van der Waals surface area contributed by atoms with Crippen molar-refractivity contribution in [2.45, 2.75) is 32.6 Å². The molecule has 0 aliphatic rings. The number of carbonyl (C=O) groups excluding carboxylic acids is 1. The number of hydrogen-bond donors (Lipinski definition) is 1. The molecule has 0 spiro atoms. The first-order valence-electron chi connectivity index (χ1n) is 6.33. The Labute approximate surface area is 104 Å². The number of hydrogen-bond acceptors (Lipinski definition) is 1. The van der Waals surface area contributed by atoms with Crippen LogP contribution < -0.4 is 5.32 Å². The van der Waals surface area contributed by atoms with E-state index in [0.29, 0.717) is 12.1 Å². The molecular formula is C15H21NO. The van der Waals surface area contributed by atoms with Crippen LogP contribution in [0.5, 0.6) is 0 Å². The van der Waals surface area contributed by atoms with E-state index in [2.05, 4.69) is 18.3 Å². The Hall–Kier alpha value is -1.57. The lowest BCUT2D eigenvalue weighted by molar-refractivity contribution is 0.0958. The fourth-order valence-electron chi connectivity index (χ4n) is 1.56. The first-order chi connectivity index (χ1) is 8.34. The van der Waals surface area contributed by atoms with Gasteiger partial charge in [0.1, 0.15) is 0 Å². The van der Waals surface area contributed by atoms with Crippen LogP contribution in [0.2, 0.25) is 0 Å². The topological polar surface area (TPSA) is 29.1 Å². The summed E-state index contributed by atoms with van der Waals surface area (Å²) in [4.78, 5) is 11.6. The maximum atomic E-state index is 11.6. The minimum Gasteiger partial charge on any atom is -0.349 e. The summed E-state index contributed by atoms with van der Waals surface area (Å²) in [5.41, 5.74) is 0.715. The standard InChI is InChI=1S/C15H21NO/c1-2-3-4-5-6-10-13-16-15(17)14-11-8-7-9-12-14/h6-12H,2-5,13H2,1H3,(H,16,17). The van der Waals surface area contributed by atoms with Crippen LogP contribution in [0.4, 0.5) is 0 Å². The van der Waals surface area contributed by atoms with Gasteiger partial charge >= 0.3 is 0 Å². The molecule has 92 valence electrons. The molecule has 1 aromatic carbocycles. The van der Waals surface area contributed by atoms with E-state index in [1.807, 2.05) is 36.4 Å². The second-order valence-electron chi connectivity index (χ2n) is 4.04. The molecule has 0 radical (unpaired) electrons. The zero-order chi connectivity index (χ0) is 12.3. The Balaban J connectivity index is 2.16. The Morgan fingerprint density at radius 3 is 2.65 bits per heavy atom. The second-order valence-corrected chi connectivity index (χ2v) is 4.04. The third kappa shape index (κ3) is 5.91. The zero-order valence-electron chi connectivity index (χ0n) is 10.5. The van der Waals surface area contributed by atoms with Crippen molar-refractivity contribution in [1.82, 2.24) is 5.32 Å². The molecule has 0 aliphatic carbocycles. The average Bonchev–Trinajstić information content (AvgIpc) is 2.38. The number of benzene rings is 1. The summed E-state index contributed by atoms with van der Waals surface area (Å²) >= 11 is 0. The van der Waals surface area contributed by atoms with Crippen molar-refractivity contribution in [3.63, 3.8) is 0 Å². The maximum Gasteiger partial charge on any atom is 0.251 e. The second kappa shape index (κ2) is 8.57. The van der Waals surface area contributed by atoms with E-state index < -0.39 is 0 Å². The molecule has 1 rings (SSSR count). The van der Waals surface area contributed by atoms with Crippen molar-refractivity contribution >= 4 is 5.91 Å². The highest BCUT2D eigenvalue weighted by molar-refractivity contribution is 5.94. The highest BCUT2D eigenvalue weighted by Gasteiger charge is 2.00. The molecule has 1 amide bonds. The largest absolute Gasteiger partial charge is 0.349 e. The van der Waals surface area contributed by atoms with E-state index in [-0.39, 0.29) is 5.91 Å². The highest BCUT2D eigenvalue weighted by Crippen LogP contribution is 1.99. The van der Waals surface area contributed by atoms with Crippen molar-refractivity contribution in [3.8, 4) is 0 Å². The van der Waals surface area contributed by atoms with E-state index in [0.717, 1.165) is 6.42 Å². The lowest BCUT2D eigenvalue weighted by atomic mass is 10.2. The van der Waals surface area contributed by atoms with Gasteiger partial charge in [0.25, 0.3) is 5.91 Å². The number of allylic oxidation sites excluding steroid dienone is 1. The summed E-state index contributed by atoms with van der Waals surface area (Å²) in [6, 6.07) is 9.29. The average molecular weight is 231 g/mol. The molecule has 0 atom stereocenters.